The zero-order valence-electron chi connectivity index (χ0n) is 26.3. The summed E-state index contributed by atoms with van der Waals surface area (Å²) in [7, 11) is 0. The third-order valence-electron chi connectivity index (χ3n) is 10.9. The highest BCUT2D eigenvalue weighted by molar-refractivity contribution is 7.18. The van der Waals surface area contributed by atoms with Crippen LogP contribution in [0, 0.1) is 0 Å². The van der Waals surface area contributed by atoms with E-state index in [4.69, 9.17) is 0 Å². The SMILES string of the molecule is c1ccc2c(c1)c1ccccc1c1cc(-n3c4ccccc4c4cc(-c5cc6c7ccccc7n7c8ccsc8c(c5)c67)ccc43)ccc21. The lowest BCUT2D eigenvalue weighted by atomic mass is 9.94. The number of thiophene rings is 1. The summed E-state index contributed by atoms with van der Waals surface area (Å²) in [5.74, 6) is 0. The van der Waals surface area contributed by atoms with E-state index in [1.165, 1.54) is 108 Å². The quantitative estimate of drug-likeness (QED) is 0.167. The normalized spacial score (nSPS) is 12.5. The molecular formula is C46H26N2S. The van der Waals surface area contributed by atoms with Crippen LogP contribution in [0.3, 0.4) is 0 Å². The third-order valence-corrected chi connectivity index (χ3v) is 11.8. The van der Waals surface area contributed by atoms with Crippen LogP contribution in [-0.4, -0.2) is 8.97 Å². The van der Waals surface area contributed by atoms with Crippen molar-refractivity contribution in [1.29, 1.82) is 0 Å². The van der Waals surface area contributed by atoms with Crippen molar-refractivity contribution in [2.24, 2.45) is 0 Å². The number of nitrogens with zero attached hydrogens (tertiary/aromatic N) is 2. The topological polar surface area (TPSA) is 9.34 Å². The Morgan fingerprint density at radius 2 is 0.918 bits per heavy atom. The molecule has 0 N–H and O–H groups in total. The molecule has 226 valence electrons. The van der Waals surface area contributed by atoms with Crippen LogP contribution in [0.1, 0.15) is 0 Å². The predicted molar refractivity (Wildman–Crippen MR) is 211 cm³/mol. The summed E-state index contributed by atoms with van der Waals surface area (Å²) in [4.78, 5) is 0. The largest absolute Gasteiger partial charge is 0.309 e. The van der Waals surface area contributed by atoms with Crippen molar-refractivity contribution >= 4 is 103 Å². The maximum absolute atomic E-state index is 2.46. The zero-order valence-corrected chi connectivity index (χ0v) is 27.1. The summed E-state index contributed by atoms with van der Waals surface area (Å²) >= 11 is 1.84. The van der Waals surface area contributed by atoms with Crippen molar-refractivity contribution in [2.45, 2.75) is 0 Å². The Balaban J connectivity index is 1.12. The van der Waals surface area contributed by atoms with E-state index < -0.39 is 0 Å². The van der Waals surface area contributed by atoms with Gasteiger partial charge < -0.3 is 8.97 Å². The molecule has 0 unspecified atom stereocenters. The Bertz CT molecular complexity index is 3300. The van der Waals surface area contributed by atoms with E-state index >= 15 is 0 Å². The summed E-state index contributed by atoms with van der Waals surface area (Å²) in [5.41, 5.74) is 10.0. The van der Waals surface area contributed by atoms with Crippen molar-refractivity contribution in [3.8, 4) is 16.8 Å². The molecular weight excluding hydrogens is 613 g/mol. The van der Waals surface area contributed by atoms with Gasteiger partial charge >= 0.3 is 0 Å². The lowest BCUT2D eigenvalue weighted by molar-refractivity contribution is 1.19. The Hall–Kier alpha value is -6.16. The molecule has 0 aliphatic heterocycles. The first kappa shape index (κ1) is 25.9. The predicted octanol–water partition coefficient (Wildman–Crippen LogP) is 13.1. The van der Waals surface area contributed by atoms with Gasteiger partial charge in [0.2, 0.25) is 0 Å². The van der Waals surface area contributed by atoms with Crippen LogP contribution in [0.15, 0.2) is 157 Å². The highest BCUT2D eigenvalue weighted by Crippen LogP contribution is 2.44. The molecule has 4 heterocycles. The van der Waals surface area contributed by atoms with Gasteiger partial charge in [-0.3, -0.25) is 0 Å². The molecule has 0 bridgehead atoms. The Morgan fingerprint density at radius 1 is 0.347 bits per heavy atom. The van der Waals surface area contributed by atoms with Gasteiger partial charge in [-0.2, -0.15) is 0 Å². The lowest BCUT2D eigenvalue weighted by Crippen LogP contribution is -1.94. The number of fused-ring (bicyclic) bond motifs is 15. The van der Waals surface area contributed by atoms with Crippen LogP contribution in [0.25, 0.3) is 108 Å². The van der Waals surface area contributed by atoms with Crippen molar-refractivity contribution in [2.75, 3.05) is 0 Å². The van der Waals surface area contributed by atoms with Crippen LogP contribution in [0.4, 0.5) is 0 Å². The number of benzene rings is 8. The van der Waals surface area contributed by atoms with Crippen LogP contribution in [-0.2, 0) is 0 Å². The molecule has 2 nitrogen and oxygen atoms in total. The Morgan fingerprint density at radius 3 is 1.67 bits per heavy atom. The minimum Gasteiger partial charge on any atom is -0.309 e. The van der Waals surface area contributed by atoms with E-state index in [0.717, 1.165) is 0 Å². The third kappa shape index (κ3) is 3.30. The van der Waals surface area contributed by atoms with Crippen LogP contribution in [0.5, 0.6) is 0 Å². The molecule has 0 amide bonds. The highest BCUT2D eigenvalue weighted by Gasteiger charge is 2.20. The van der Waals surface area contributed by atoms with Gasteiger partial charge in [0.1, 0.15) is 0 Å². The van der Waals surface area contributed by atoms with Gasteiger partial charge in [-0.25, -0.2) is 0 Å². The standard InChI is InChI=1S/C46H26N2S/c1-2-11-32-30(9-1)31-10-3-4-12-33(31)37-26-29(18-19-34(32)37)47-41-15-7-5-13-35(41)38-23-27(17-20-43(38)47)28-24-39-36-14-6-8-16-42(36)48-44-21-22-49-46(44)40(25-28)45(39)48/h1-26H. The van der Waals surface area contributed by atoms with E-state index in [0.29, 0.717) is 0 Å². The first-order chi connectivity index (χ1) is 24.3. The van der Waals surface area contributed by atoms with Gasteiger partial charge in [0.25, 0.3) is 0 Å². The van der Waals surface area contributed by atoms with Gasteiger partial charge in [-0.15, -0.1) is 11.3 Å². The molecule has 8 aromatic carbocycles. The maximum atomic E-state index is 2.46. The van der Waals surface area contributed by atoms with Gasteiger partial charge in [0, 0.05) is 32.6 Å². The van der Waals surface area contributed by atoms with E-state index in [2.05, 4.69) is 166 Å². The first-order valence-corrected chi connectivity index (χ1v) is 17.7. The summed E-state index contributed by atoms with van der Waals surface area (Å²) < 4.78 is 6.27. The fourth-order valence-corrected chi connectivity index (χ4v) is 9.73. The minimum absolute atomic E-state index is 1.18. The molecule has 0 aliphatic rings. The molecule has 12 aromatic rings. The summed E-state index contributed by atoms with van der Waals surface area (Å²) in [6.45, 7) is 0. The van der Waals surface area contributed by atoms with Crippen LogP contribution < -0.4 is 0 Å². The molecule has 0 fully saturated rings. The summed E-state index contributed by atoms with van der Waals surface area (Å²) in [6, 6.07) is 56.5. The Labute approximate surface area is 284 Å². The minimum atomic E-state index is 1.18. The molecule has 0 atom stereocenters. The average molecular weight is 639 g/mol. The molecule has 0 saturated heterocycles. The van der Waals surface area contributed by atoms with Gasteiger partial charge in [0.15, 0.2) is 0 Å². The molecule has 0 spiro atoms. The van der Waals surface area contributed by atoms with Gasteiger partial charge in [0.05, 0.1) is 32.3 Å². The van der Waals surface area contributed by atoms with E-state index in [9.17, 15) is 0 Å². The fraction of sp³-hybridized carbons (Fsp3) is 0. The summed E-state index contributed by atoms with van der Waals surface area (Å²) in [6.07, 6.45) is 0. The molecule has 0 saturated carbocycles. The van der Waals surface area contributed by atoms with Crippen molar-refractivity contribution in [3.63, 3.8) is 0 Å². The number of aromatic nitrogens is 2. The first-order valence-electron chi connectivity index (χ1n) is 16.8. The monoisotopic (exact) mass is 638 g/mol. The highest BCUT2D eigenvalue weighted by atomic mass is 32.1. The molecule has 0 radical (unpaired) electrons. The Kier molecular flexibility index (Phi) is 4.89. The van der Waals surface area contributed by atoms with E-state index in [-0.39, 0.29) is 0 Å². The smallest absolute Gasteiger partial charge is 0.0649 e. The fourth-order valence-electron chi connectivity index (χ4n) is 8.83. The number of hydrogen-bond donors (Lipinski definition) is 0. The van der Waals surface area contributed by atoms with Crippen LogP contribution in [0.2, 0.25) is 0 Å². The van der Waals surface area contributed by atoms with Crippen LogP contribution >= 0.6 is 11.3 Å². The second kappa shape index (κ2) is 9.25. The number of hydrogen-bond acceptors (Lipinski definition) is 1. The number of para-hydroxylation sites is 2. The maximum Gasteiger partial charge on any atom is 0.0649 e. The lowest BCUT2D eigenvalue weighted by Gasteiger charge is -2.14. The zero-order chi connectivity index (χ0) is 31.8. The second-order valence-corrected chi connectivity index (χ2v) is 14.2. The van der Waals surface area contributed by atoms with Crippen molar-refractivity contribution < 1.29 is 0 Å². The van der Waals surface area contributed by atoms with Gasteiger partial charge in [-0.05, 0) is 103 Å². The molecule has 12 rings (SSSR count). The van der Waals surface area contributed by atoms with Crippen molar-refractivity contribution in [3.05, 3.63) is 157 Å². The number of rotatable bonds is 2. The summed E-state index contributed by atoms with van der Waals surface area (Å²) in [5, 5.41) is 16.5. The molecule has 0 aliphatic carbocycles. The molecule has 4 aromatic heterocycles. The van der Waals surface area contributed by atoms with Crippen molar-refractivity contribution in [1.82, 2.24) is 8.97 Å². The average Bonchev–Trinajstić information content (AvgIpc) is 3.92. The van der Waals surface area contributed by atoms with Gasteiger partial charge in [-0.1, -0.05) is 97.1 Å². The molecule has 49 heavy (non-hydrogen) atoms. The molecule has 3 heteroatoms. The second-order valence-electron chi connectivity index (χ2n) is 13.3. The van der Waals surface area contributed by atoms with E-state index in [1.807, 2.05) is 11.3 Å². The van der Waals surface area contributed by atoms with E-state index in [1.54, 1.807) is 0 Å².